The Morgan fingerprint density at radius 2 is 2.00 bits per heavy atom. The number of furan rings is 1. The van der Waals surface area contributed by atoms with Crippen molar-refractivity contribution in [3.8, 4) is 11.3 Å². The summed E-state index contributed by atoms with van der Waals surface area (Å²) in [5.74, 6) is 1.61. The minimum Gasteiger partial charge on any atom is -0.468 e. The van der Waals surface area contributed by atoms with Crippen molar-refractivity contribution in [2.24, 2.45) is 0 Å². The largest absolute Gasteiger partial charge is 0.468 e. The highest BCUT2D eigenvalue weighted by molar-refractivity contribution is 5.74. The maximum absolute atomic E-state index is 12.5. The van der Waals surface area contributed by atoms with Crippen LogP contribution in [0.2, 0.25) is 0 Å². The molecule has 3 heterocycles. The number of nitrogens with one attached hydrogen (secondary N) is 3. The fraction of sp³-hybridized carbons (Fsp3) is 0.364. The summed E-state index contributed by atoms with van der Waals surface area (Å²) in [6.07, 6.45) is 5.84. The summed E-state index contributed by atoms with van der Waals surface area (Å²) in [4.78, 5) is 22.6. The first-order valence-electron chi connectivity index (χ1n) is 10.1. The van der Waals surface area contributed by atoms with Gasteiger partial charge in [-0.05, 0) is 50.6 Å². The van der Waals surface area contributed by atoms with Crippen LogP contribution in [0, 0.1) is 0 Å². The monoisotopic (exact) mass is 393 g/mol. The smallest absolute Gasteiger partial charge is 0.315 e. The van der Waals surface area contributed by atoms with Crippen molar-refractivity contribution < 1.29 is 9.21 Å². The fourth-order valence-electron chi connectivity index (χ4n) is 3.77. The first-order valence-corrected chi connectivity index (χ1v) is 10.1. The predicted octanol–water partition coefficient (Wildman–Crippen LogP) is 3.87. The highest BCUT2D eigenvalue weighted by atomic mass is 16.3. The molecule has 0 bridgehead atoms. The minimum absolute atomic E-state index is 0.0573. The molecule has 0 spiro atoms. The molecular weight excluding hydrogens is 366 g/mol. The molecule has 7 nitrogen and oxygen atoms in total. The number of hydrogen-bond acceptors (Lipinski definition) is 4. The molecule has 4 rings (SSSR count). The summed E-state index contributed by atoms with van der Waals surface area (Å²) >= 11 is 0. The number of carbonyl (C=O) groups excluding carboxylic acids is 1. The average Bonchev–Trinajstić information content (AvgIpc) is 3.51. The van der Waals surface area contributed by atoms with Gasteiger partial charge in [-0.2, -0.15) is 0 Å². The third-order valence-corrected chi connectivity index (χ3v) is 5.35. The SMILES string of the molecule is C[C@@H](NC(=O)NC[C@H](c1ccco1)N1CCCC1)c1ncc(-c2ccccc2)[nH]1. The van der Waals surface area contributed by atoms with Crippen molar-refractivity contribution in [3.63, 3.8) is 0 Å². The third-order valence-electron chi connectivity index (χ3n) is 5.35. The molecule has 1 aromatic carbocycles. The molecule has 0 radical (unpaired) electrons. The van der Waals surface area contributed by atoms with E-state index < -0.39 is 0 Å². The maximum Gasteiger partial charge on any atom is 0.315 e. The number of rotatable bonds is 7. The Balaban J connectivity index is 1.33. The van der Waals surface area contributed by atoms with E-state index in [1.165, 1.54) is 12.8 Å². The standard InChI is InChI=1S/C22H27N5O2/c1-16(21-23-14-18(26-21)17-8-3-2-4-9-17)25-22(28)24-15-19(20-10-7-13-29-20)27-11-5-6-12-27/h2-4,7-10,13-14,16,19H,5-6,11-12,15H2,1H3,(H,23,26)(H2,24,25,28)/t16-,19-/m1/s1. The number of benzene rings is 1. The van der Waals surface area contributed by atoms with E-state index in [0.717, 1.165) is 35.9 Å². The van der Waals surface area contributed by atoms with Crippen LogP contribution in [-0.4, -0.2) is 40.5 Å². The number of likely N-dealkylation sites (tertiary alicyclic amines) is 1. The fourth-order valence-corrected chi connectivity index (χ4v) is 3.77. The first kappa shape index (κ1) is 19.3. The molecule has 0 aliphatic carbocycles. The van der Waals surface area contributed by atoms with Crippen molar-refractivity contribution >= 4 is 6.03 Å². The van der Waals surface area contributed by atoms with E-state index in [1.807, 2.05) is 49.4 Å². The van der Waals surface area contributed by atoms with Gasteiger partial charge in [0.25, 0.3) is 0 Å². The zero-order chi connectivity index (χ0) is 20.1. The van der Waals surface area contributed by atoms with Crippen molar-refractivity contribution in [2.75, 3.05) is 19.6 Å². The van der Waals surface area contributed by atoms with Crippen LogP contribution in [0.5, 0.6) is 0 Å². The Morgan fingerprint density at radius 3 is 2.72 bits per heavy atom. The minimum atomic E-state index is -0.235. The van der Waals surface area contributed by atoms with Gasteiger partial charge in [0.15, 0.2) is 0 Å². The van der Waals surface area contributed by atoms with Gasteiger partial charge in [0.2, 0.25) is 0 Å². The number of H-pyrrole nitrogens is 1. The molecule has 1 aliphatic heterocycles. The Labute approximate surface area is 170 Å². The Morgan fingerprint density at radius 1 is 1.21 bits per heavy atom. The van der Waals surface area contributed by atoms with Crippen LogP contribution in [0.3, 0.4) is 0 Å². The van der Waals surface area contributed by atoms with Gasteiger partial charge in [0.1, 0.15) is 11.6 Å². The van der Waals surface area contributed by atoms with Crippen LogP contribution in [-0.2, 0) is 0 Å². The summed E-state index contributed by atoms with van der Waals surface area (Å²) in [7, 11) is 0. The Bertz CT molecular complexity index is 900. The Kier molecular flexibility index (Phi) is 5.95. The van der Waals surface area contributed by atoms with Crippen molar-refractivity contribution in [1.29, 1.82) is 0 Å². The molecule has 29 heavy (non-hydrogen) atoms. The van der Waals surface area contributed by atoms with E-state index in [9.17, 15) is 4.79 Å². The Hall–Kier alpha value is -3.06. The second-order valence-electron chi connectivity index (χ2n) is 7.40. The van der Waals surface area contributed by atoms with Gasteiger partial charge in [-0.1, -0.05) is 30.3 Å². The van der Waals surface area contributed by atoms with Crippen LogP contribution in [0.4, 0.5) is 4.79 Å². The predicted molar refractivity (Wildman–Crippen MR) is 111 cm³/mol. The molecule has 0 saturated carbocycles. The zero-order valence-electron chi connectivity index (χ0n) is 16.6. The number of urea groups is 1. The van der Waals surface area contributed by atoms with Gasteiger partial charge in [-0.15, -0.1) is 0 Å². The highest BCUT2D eigenvalue weighted by Gasteiger charge is 2.26. The van der Waals surface area contributed by atoms with E-state index in [-0.39, 0.29) is 18.1 Å². The number of aromatic nitrogens is 2. The summed E-state index contributed by atoms with van der Waals surface area (Å²) in [6, 6.07) is 13.5. The molecule has 3 N–H and O–H groups in total. The quantitative estimate of drug-likeness (QED) is 0.569. The summed E-state index contributed by atoms with van der Waals surface area (Å²) in [5.41, 5.74) is 2.00. The van der Waals surface area contributed by atoms with E-state index in [0.29, 0.717) is 6.54 Å². The van der Waals surface area contributed by atoms with Gasteiger partial charge < -0.3 is 20.0 Å². The van der Waals surface area contributed by atoms with Crippen LogP contribution in [0.15, 0.2) is 59.3 Å². The molecule has 0 unspecified atom stereocenters. The van der Waals surface area contributed by atoms with E-state index in [4.69, 9.17) is 4.42 Å². The lowest BCUT2D eigenvalue weighted by molar-refractivity contribution is 0.202. The number of carbonyl (C=O) groups is 1. The van der Waals surface area contributed by atoms with Gasteiger partial charge in [-0.25, -0.2) is 9.78 Å². The maximum atomic E-state index is 12.5. The molecule has 7 heteroatoms. The van der Waals surface area contributed by atoms with E-state index in [2.05, 4.69) is 25.5 Å². The average molecular weight is 393 g/mol. The van der Waals surface area contributed by atoms with Crippen LogP contribution < -0.4 is 10.6 Å². The lowest BCUT2D eigenvalue weighted by Gasteiger charge is -2.26. The number of aromatic amines is 1. The second kappa shape index (κ2) is 8.96. The number of imidazole rings is 1. The molecule has 2 amide bonds. The van der Waals surface area contributed by atoms with E-state index >= 15 is 0 Å². The first-order chi connectivity index (χ1) is 14.2. The number of hydrogen-bond donors (Lipinski definition) is 3. The molecule has 152 valence electrons. The van der Waals surface area contributed by atoms with Crippen LogP contribution >= 0.6 is 0 Å². The lowest BCUT2D eigenvalue weighted by atomic mass is 10.2. The van der Waals surface area contributed by atoms with Gasteiger partial charge in [-0.3, -0.25) is 4.90 Å². The van der Waals surface area contributed by atoms with Crippen molar-refractivity contribution in [2.45, 2.75) is 31.8 Å². The third kappa shape index (κ3) is 4.68. The normalized spacial score (nSPS) is 16.4. The molecule has 2 aromatic heterocycles. The molecule has 1 saturated heterocycles. The molecular formula is C22H27N5O2. The summed E-state index contributed by atoms with van der Waals surface area (Å²) < 4.78 is 5.61. The molecule has 1 aliphatic rings. The highest BCUT2D eigenvalue weighted by Crippen LogP contribution is 2.25. The van der Waals surface area contributed by atoms with E-state index in [1.54, 1.807) is 12.5 Å². The van der Waals surface area contributed by atoms with Gasteiger partial charge in [0, 0.05) is 6.54 Å². The van der Waals surface area contributed by atoms with Crippen molar-refractivity contribution in [1.82, 2.24) is 25.5 Å². The summed E-state index contributed by atoms with van der Waals surface area (Å²) in [5, 5.41) is 5.95. The van der Waals surface area contributed by atoms with Gasteiger partial charge >= 0.3 is 6.03 Å². The van der Waals surface area contributed by atoms with Crippen LogP contribution in [0.1, 0.15) is 43.4 Å². The van der Waals surface area contributed by atoms with Crippen LogP contribution in [0.25, 0.3) is 11.3 Å². The molecule has 1 fully saturated rings. The summed E-state index contributed by atoms with van der Waals surface area (Å²) in [6.45, 7) is 4.47. The zero-order valence-corrected chi connectivity index (χ0v) is 16.6. The molecule has 2 atom stereocenters. The second-order valence-corrected chi connectivity index (χ2v) is 7.40. The molecule has 3 aromatic rings. The van der Waals surface area contributed by atoms with Crippen molar-refractivity contribution in [3.05, 3.63) is 66.5 Å². The number of nitrogens with zero attached hydrogens (tertiary/aromatic N) is 2. The van der Waals surface area contributed by atoms with Gasteiger partial charge in [0.05, 0.1) is 30.2 Å². The topological polar surface area (TPSA) is 86.2 Å². The number of amides is 2. The lowest BCUT2D eigenvalue weighted by Crippen LogP contribution is -2.42.